The number of allylic oxidation sites excluding steroid dienone is 12. The summed E-state index contributed by atoms with van der Waals surface area (Å²) in [4.78, 5) is 31.7. The maximum absolute atomic E-state index is 10.8. The fraction of sp³-hybridized carbons (Fsp3) is 0.615. The average molecular weight is 583 g/mol. The minimum atomic E-state index is -0.00875. The van der Waals surface area contributed by atoms with E-state index in [1.807, 2.05) is 27.7 Å². The van der Waals surface area contributed by atoms with Crippen LogP contribution in [0.5, 0.6) is 0 Å². The van der Waals surface area contributed by atoms with E-state index in [0.29, 0.717) is 11.8 Å². The fourth-order valence-electron chi connectivity index (χ4n) is 4.62. The summed E-state index contributed by atoms with van der Waals surface area (Å²) in [5.41, 5.74) is 9.43. The van der Waals surface area contributed by atoms with E-state index >= 15 is 0 Å². The molecule has 0 aliphatic carbocycles. The molecule has 1 unspecified atom stereocenters. The van der Waals surface area contributed by atoms with Crippen LogP contribution in [0.3, 0.4) is 0 Å². The van der Waals surface area contributed by atoms with Gasteiger partial charge in [0.05, 0.1) is 0 Å². The average Bonchev–Trinajstić information content (AvgIpc) is 2.86. The van der Waals surface area contributed by atoms with Crippen LogP contribution >= 0.6 is 0 Å². The van der Waals surface area contributed by atoms with Gasteiger partial charge in [-0.3, -0.25) is 14.4 Å². The summed E-state index contributed by atoms with van der Waals surface area (Å²) >= 11 is 0. The van der Waals surface area contributed by atoms with Gasteiger partial charge in [-0.25, -0.2) is 0 Å². The minimum Gasteiger partial charge on any atom is -0.299 e. The lowest BCUT2D eigenvalue weighted by Gasteiger charge is -2.41. The number of carbonyl (C=O) groups is 3. The van der Waals surface area contributed by atoms with Crippen molar-refractivity contribution in [3.05, 3.63) is 68.9 Å². The second kappa shape index (κ2) is 22.1. The third kappa shape index (κ3) is 18.8. The van der Waals surface area contributed by atoms with E-state index in [2.05, 4.69) is 108 Å². The summed E-state index contributed by atoms with van der Waals surface area (Å²) in [7, 11) is 0. The van der Waals surface area contributed by atoms with Crippen molar-refractivity contribution in [2.24, 2.45) is 22.7 Å². The molecule has 0 spiro atoms. The predicted octanol–water partition coefficient (Wildman–Crippen LogP) is 11.6. The highest BCUT2D eigenvalue weighted by Gasteiger charge is 2.36. The second-order valence-electron chi connectivity index (χ2n) is 13.8. The van der Waals surface area contributed by atoms with E-state index in [9.17, 15) is 14.4 Å². The van der Waals surface area contributed by atoms with Crippen LogP contribution in [-0.2, 0) is 14.4 Å². The minimum absolute atomic E-state index is 0.00875. The van der Waals surface area contributed by atoms with Crippen molar-refractivity contribution in [2.75, 3.05) is 0 Å². The Labute approximate surface area is 261 Å². The van der Waals surface area contributed by atoms with Crippen molar-refractivity contribution >= 4 is 18.9 Å². The smallest absolute Gasteiger partial charge is 0.145 e. The Bertz CT molecular complexity index is 1020. The van der Waals surface area contributed by atoms with Crippen LogP contribution in [0.2, 0.25) is 0 Å². The van der Waals surface area contributed by atoms with Crippen LogP contribution in [0.4, 0.5) is 0 Å². The van der Waals surface area contributed by atoms with Crippen LogP contribution in [0, 0.1) is 22.7 Å². The third-order valence-electron chi connectivity index (χ3n) is 8.15. The molecule has 0 radical (unpaired) electrons. The fourth-order valence-corrected chi connectivity index (χ4v) is 4.62. The number of hydrogen-bond acceptors (Lipinski definition) is 3. The van der Waals surface area contributed by atoms with E-state index < -0.39 is 0 Å². The molecule has 0 aliphatic heterocycles. The molecule has 0 amide bonds. The van der Waals surface area contributed by atoms with Gasteiger partial charge >= 0.3 is 0 Å². The van der Waals surface area contributed by atoms with Crippen molar-refractivity contribution in [1.29, 1.82) is 0 Å². The van der Waals surface area contributed by atoms with Crippen LogP contribution in [0.25, 0.3) is 0 Å². The molecule has 0 heterocycles. The van der Waals surface area contributed by atoms with Crippen molar-refractivity contribution in [2.45, 2.75) is 137 Å². The molecule has 3 nitrogen and oxygen atoms in total. The van der Waals surface area contributed by atoms with Gasteiger partial charge < -0.3 is 0 Å². The highest BCUT2D eigenvalue weighted by atomic mass is 16.1. The Morgan fingerprint density at radius 1 is 0.667 bits per heavy atom. The zero-order valence-corrected chi connectivity index (χ0v) is 30.5. The molecule has 42 heavy (non-hydrogen) atoms. The maximum atomic E-state index is 10.8. The Morgan fingerprint density at radius 2 is 1.14 bits per heavy atom. The Hall–Kier alpha value is -2.55. The molecule has 0 bridgehead atoms. The summed E-state index contributed by atoms with van der Waals surface area (Å²) < 4.78 is 0. The molecule has 0 aromatic heterocycles. The summed E-state index contributed by atoms with van der Waals surface area (Å²) in [5, 5.41) is 0. The van der Waals surface area contributed by atoms with Gasteiger partial charge in [-0.2, -0.15) is 0 Å². The first kappa shape index (κ1) is 43.9. The molecule has 0 aromatic rings. The van der Waals surface area contributed by atoms with Gasteiger partial charge in [0.1, 0.15) is 18.9 Å². The number of rotatable bonds is 13. The Kier molecular flexibility index (Phi) is 23.0. The van der Waals surface area contributed by atoms with Gasteiger partial charge in [0.2, 0.25) is 0 Å². The molecular formula is C39H66O3. The quantitative estimate of drug-likeness (QED) is 0.123. The number of hydrogen-bond donors (Lipinski definition) is 0. The van der Waals surface area contributed by atoms with Gasteiger partial charge in [-0.1, -0.05) is 100 Å². The van der Waals surface area contributed by atoms with Crippen LogP contribution in [0.15, 0.2) is 68.9 Å². The topological polar surface area (TPSA) is 51.2 Å². The Balaban J connectivity index is -0.000000547. The summed E-state index contributed by atoms with van der Waals surface area (Å²) in [6.45, 7) is 35.7. The van der Waals surface area contributed by atoms with Gasteiger partial charge in [0.15, 0.2) is 0 Å². The monoisotopic (exact) mass is 583 g/mol. The van der Waals surface area contributed by atoms with E-state index in [4.69, 9.17) is 0 Å². The van der Waals surface area contributed by atoms with Crippen LogP contribution in [-0.4, -0.2) is 18.9 Å². The molecule has 1 atom stereocenters. The molecule has 0 saturated heterocycles. The third-order valence-corrected chi connectivity index (χ3v) is 8.15. The largest absolute Gasteiger partial charge is 0.299 e. The van der Waals surface area contributed by atoms with Crippen molar-refractivity contribution in [3.8, 4) is 0 Å². The van der Waals surface area contributed by atoms with E-state index in [0.717, 1.165) is 54.8 Å². The van der Waals surface area contributed by atoms with Gasteiger partial charge in [0, 0.05) is 0 Å². The highest BCUT2D eigenvalue weighted by molar-refractivity contribution is 5.74. The van der Waals surface area contributed by atoms with Crippen LogP contribution in [0.1, 0.15) is 137 Å². The Morgan fingerprint density at radius 3 is 1.50 bits per heavy atom. The lowest BCUT2D eigenvalue weighted by atomic mass is 9.63. The van der Waals surface area contributed by atoms with Crippen molar-refractivity contribution in [3.63, 3.8) is 0 Å². The highest BCUT2D eigenvalue weighted by Crippen LogP contribution is 2.45. The zero-order chi connectivity index (χ0) is 33.8. The second-order valence-corrected chi connectivity index (χ2v) is 13.8. The molecule has 0 aromatic carbocycles. The first-order valence-electron chi connectivity index (χ1n) is 15.4. The van der Waals surface area contributed by atoms with E-state index in [-0.39, 0.29) is 10.8 Å². The standard InChI is InChI=1S/2C14H24O.C11H18O/c1-11(2)10-13(4,5)14(6,7)12(3)8-9-15;1-10(2)7-8-12(5)14(11(3)4)13(6)9-15;1-9(2)6-5-7-10(3)11(4)8-12/h8-10H,1-7H3;7,9,11-12H,8H2,1-6H3;6,8H,5,7H2,1-4H3. The lowest BCUT2D eigenvalue weighted by molar-refractivity contribution is -0.105. The van der Waals surface area contributed by atoms with Gasteiger partial charge in [-0.05, 0) is 128 Å². The molecular weight excluding hydrogens is 516 g/mol. The molecule has 240 valence electrons. The first-order chi connectivity index (χ1) is 19.1. The summed E-state index contributed by atoms with van der Waals surface area (Å²) in [5.74, 6) is 0.917. The number of aldehydes is 3. The number of carbonyl (C=O) groups excluding carboxylic acids is 3. The van der Waals surface area contributed by atoms with E-state index in [1.165, 1.54) is 27.9 Å². The SMILES string of the molecule is CC(C)=CC(C)(C)C(C)(C)C(C)=CC=O.CC(C)=CCC(C)C(=C(C)C=O)C(C)C.CC(C)=CCCC(C)=C(C)C=O. The molecule has 0 aliphatic rings. The maximum Gasteiger partial charge on any atom is 0.145 e. The molecule has 0 saturated carbocycles. The van der Waals surface area contributed by atoms with Crippen LogP contribution < -0.4 is 0 Å². The van der Waals surface area contributed by atoms with E-state index in [1.54, 1.807) is 6.08 Å². The van der Waals surface area contributed by atoms with Gasteiger partial charge in [0.25, 0.3) is 0 Å². The normalized spacial score (nSPS) is 13.5. The predicted molar refractivity (Wildman–Crippen MR) is 187 cm³/mol. The summed E-state index contributed by atoms with van der Waals surface area (Å²) in [6, 6.07) is 0. The molecule has 0 N–H and O–H groups in total. The first-order valence-corrected chi connectivity index (χ1v) is 15.4. The summed E-state index contributed by atoms with van der Waals surface area (Å²) in [6.07, 6.45) is 14.2. The van der Waals surface area contributed by atoms with Crippen molar-refractivity contribution in [1.82, 2.24) is 0 Å². The lowest BCUT2D eigenvalue weighted by Crippen LogP contribution is -2.32. The molecule has 0 rings (SSSR count). The molecule has 3 heteroatoms. The zero-order valence-electron chi connectivity index (χ0n) is 30.5. The van der Waals surface area contributed by atoms with Crippen molar-refractivity contribution < 1.29 is 14.4 Å². The molecule has 0 fully saturated rings. The van der Waals surface area contributed by atoms with Gasteiger partial charge in [-0.15, -0.1) is 0 Å².